The third-order valence-electron chi connectivity index (χ3n) is 5.72. The summed E-state index contributed by atoms with van der Waals surface area (Å²) in [4.78, 5) is 18.0. The molecule has 4 heterocycles. The summed E-state index contributed by atoms with van der Waals surface area (Å²) < 4.78 is 62.1. The number of fused-ring (bicyclic) bond motifs is 2. The van der Waals surface area contributed by atoms with E-state index in [1.165, 1.54) is 0 Å². The Labute approximate surface area is 195 Å². The van der Waals surface area contributed by atoms with Crippen LogP contribution in [-0.2, 0) is 28.4 Å². The number of pyridine rings is 1. The lowest BCUT2D eigenvalue weighted by molar-refractivity contribution is -0.192. The second-order valence-corrected chi connectivity index (χ2v) is 10.3. The highest BCUT2D eigenvalue weighted by Gasteiger charge is 2.49. The van der Waals surface area contributed by atoms with Crippen LogP contribution in [0.1, 0.15) is 19.4 Å². The summed E-state index contributed by atoms with van der Waals surface area (Å²) in [6, 6.07) is 3.16. The van der Waals surface area contributed by atoms with Crippen LogP contribution in [-0.4, -0.2) is 87.9 Å². The van der Waals surface area contributed by atoms with E-state index in [0.717, 1.165) is 18.7 Å². The van der Waals surface area contributed by atoms with Crippen molar-refractivity contribution in [3.63, 3.8) is 0 Å². The Balaban J connectivity index is 0.000000406. The number of nitrogens with zero attached hydrogens (tertiary/aromatic N) is 6. The number of anilines is 1. The minimum atomic E-state index is -5.08. The van der Waals surface area contributed by atoms with Gasteiger partial charge in [-0.2, -0.15) is 22.6 Å². The number of carbonyl (C=O) groups is 1. The van der Waals surface area contributed by atoms with Crippen molar-refractivity contribution < 1.29 is 31.5 Å². The molecular formula is C20H27F3N6O4S. The first-order valence-electron chi connectivity index (χ1n) is 10.4. The van der Waals surface area contributed by atoms with Gasteiger partial charge in [-0.15, -0.1) is 0 Å². The van der Waals surface area contributed by atoms with Crippen molar-refractivity contribution in [3.05, 3.63) is 36.3 Å². The molecule has 2 aromatic rings. The highest BCUT2D eigenvalue weighted by Crippen LogP contribution is 2.37. The molecule has 2 atom stereocenters. The van der Waals surface area contributed by atoms with Crippen molar-refractivity contribution >= 4 is 21.8 Å². The zero-order valence-electron chi connectivity index (χ0n) is 19.1. The van der Waals surface area contributed by atoms with Gasteiger partial charge < -0.3 is 10.0 Å². The third kappa shape index (κ3) is 5.18. The Morgan fingerprint density at radius 3 is 2.38 bits per heavy atom. The molecule has 0 spiro atoms. The summed E-state index contributed by atoms with van der Waals surface area (Å²) in [7, 11) is 0.247. The smallest absolute Gasteiger partial charge is 0.475 e. The molecule has 10 nitrogen and oxygen atoms in total. The van der Waals surface area contributed by atoms with Crippen LogP contribution in [0.15, 0.2) is 35.6 Å². The van der Waals surface area contributed by atoms with Gasteiger partial charge in [0.2, 0.25) is 10.0 Å². The Kier molecular flexibility index (Phi) is 7.24. The van der Waals surface area contributed by atoms with Crippen LogP contribution in [0.5, 0.6) is 0 Å². The number of carboxylic acids is 1. The Bertz CT molecular complexity index is 1140. The molecule has 1 fully saturated rings. The molecule has 2 aliphatic rings. The predicted octanol–water partition coefficient (Wildman–Crippen LogP) is 1.55. The van der Waals surface area contributed by atoms with E-state index in [-0.39, 0.29) is 18.1 Å². The minimum absolute atomic E-state index is 0.0509. The van der Waals surface area contributed by atoms with E-state index in [1.54, 1.807) is 27.3 Å². The molecule has 0 saturated carbocycles. The van der Waals surface area contributed by atoms with Crippen molar-refractivity contribution in [1.29, 1.82) is 0 Å². The molecule has 2 aliphatic heterocycles. The van der Waals surface area contributed by atoms with Crippen LogP contribution < -0.4 is 4.90 Å². The maximum Gasteiger partial charge on any atom is 0.490 e. The number of hydrogen-bond acceptors (Lipinski definition) is 7. The van der Waals surface area contributed by atoms with Gasteiger partial charge in [0.05, 0.1) is 18.3 Å². The lowest BCUT2D eigenvalue weighted by Gasteiger charge is -2.34. The average Bonchev–Trinajstić information content (AvgIpc) is 3.31. The number of carboxylic acid groups (broad SMARTS) is 1. The first kappa shape index (κ1) is 25.9. The molecule has 0 aliphatic carbocycles. The highest BCUT2D eigenvalue weighted by atomic mass is 32.2. The van der Waals surface area contributed by atoms with E-state index in [2.05, 4.69) is 15.0 Å². The van der Waals surface area contributed by atoms with Crippen molar-refractivity contribution in [2.75, 3.05) is 25.0 Å². The van der Waals surface area contributed by atoms with Crippen molar-refractivity contribution in [2.45, 2.75) is 49.6 Å². The van der Waals surface area contributed by atoms with Crippen LogP contribution in [0.4, 0.5) is 19.0 Å². The van der Waals surface area contributed by atoms with Gasteiger partial charge in [0.15, 0.2) is 0 Å². The largest absolute Gasteiger partial charge is 0.490 e. The molecule has 0 aromatic carbocycles. The monoisotopic (exact) mass is 504 g/mol. The van der Waals surface area contributed by atoms with Crippen LogP contribution in [0.3, 0.4) is 0 Å². The van der Waals surface area contributed by atoms with Gasteiger partial charge in [0.1, 0.15) is 10.7 Å². The molecule has 0 radical (unpaired) electrons. The van der Waals surface area contributed by atoms with E-state index in [9.17, 15) is 21.6 Å². The van der Waals surface area contributed by atoms with Crippen LogP contribution in [0.2, 0.25) is 0 Å². The molecule has 188 valence electrons. The molecule has 34 heavy (non-hydrogen) atoms. The zero-order chi connectivity index (χ0) is 25.4. The third-order valence-corrected chi connectivity index (χ3v) is 7.84. The topological polar surface area (TPSA) is 112 Å². The number of hydrogen-bond donors (Lipinski definition) is 1. The number of alkyl halides is 3. The van der Waals surface area contributed by atoms with Gasteiger partial charge in [-0.1, -0.05) is 0 Å². The fourth-order valence-corrected chi connectivity index (χ4v) is 6.40. The quantitative estimate of drug-likeness (QED) is 0.670. The van der Waals surface area contributed by atoms with Gasteiger partial charge in [0.25, 0.3) is 0 Å². The fraction of sp³-hybridized carbons (Fsp3) is 0.550. The summed E-state index contributed by atoms with van der Waals surface area (Å²) in [5, 5.41) is 11.4. The molecule has 0 amide bonds. The van der Waals surface area contributed by atoms with Crippen LogP contribution in [0.25, 0.3) is 0 Å². The standard InChI is InChI=1S/C18H26N6O2S.C2HF3O2/c1-13(2)24-16-12-23(10-14-8-20-21(3)9-14)11-15(16)22(4)18-17(27(24,25)26)6-5-7-19-18;3-2(4,5)1(6)7/h5-9,13,15-16H,10-12H2,1-4H3;(H,6,7). The number of halogens is 3. The molecule has 1 saturated heterocycles. The zero-order valence-corrected chi connectivity index (χ0v) is 20.0. The summed E-state index contributed by atoms with van der Waals surface area (Å²) in [6.45, 7) is 6.12. The van der Waals surface area contributed by atoms with E-state index < -0.39 is 22.2 Å². The Morgan fingerprint density at radius 1 is 1.24 bits per heavy atom. The number of sulfonamides is 1. The minimum Gasteiger partial charge on any atom is -0.475 e. The number of aliphatic carboxylic acids is 1. The predicted molar refractivity (Wildman–Crippen MR) is 117 cm³/mol. The normalized spacial score (nSPS) is 22.5. The Morgan fingerprint density at radius 2 is 1.85 bits per heavy atom. The molecule has 2 unspecified atom stereocenters. The van der Waals surface area contributed by atoms with E-state index in [1.807, 2.05) is 45.2 Å². The number of aromatic nitrogens is 3. The number of aryl methyl sites for hydroxylation is 1. The van der Waals surface area contributed by atoms with E-state index >= 15 is 0 Å². The van der Waals surface area contributed by atoms with Gasteiger partial charge in [0, 0.05) is 57.7 Å². The highest BCUT2D eigenvalue weighted by molar-refractivity contribution is 7.89. The van der Waals surface area contributed by atoms with Crippen molar-refractivity contribution in [3.8, 4) is 0 Å². The van der Waals surface area contributed by atoms with E-state index in [4.69, 9.17) is 9.90 Å². The second kappa shape index (κ2) is 9.50. The average molecular weight is 505 g/mol. The maximum absolute atomic E-state index is 13.4. The summed E-state index contributed by atoms with van der Waals surface area (Å²) in [5.74, 6) is -2.22. The van der Waals surface area contributed by atoms with Crippen molar-refractivity contribution in [1.82, 2.24) is 24.0 Å². The number of likely N-dealkylation sites (tertiary alicyclic amines) is 1. The van der Waals surface area contributed by atoms with Gasteiger partial charge >= 0.3 is 12.1 Å². The van der Waals surface area contributed by atoms with E-state index in [0.29, 0.717) is 17.3 Å². The second-order valence-electron chi connectivity index (χ2n) is 8.52. The fourth-order valence-electron chi connectivity index (χ4n) is 4.38. The summed E-state index contributed by atoms with van der Waals surface area (Å²) in [6.07, 6.45) is 0.449. The molecule has 4 rings (SSSR count). The number of rotatable bonds is 3. The first-order chi connectivity index (χ1) is 15.7. The van der Waals surface area contributed by atoms with Gasteiger partial charge in [-0.05, 0) is 26.0 Å². The number of likely N-dealkylation sites (N-methyl/N-ethyl adjacent to an activating group) is 1. The van der Waals surface area contributed by atoms with Crippen LogP contribution >= 0.6 is 0 Å². The SMILES string of the molecule is CC(C)N1C2CN(Cc3cnn(C)c3)CC2N(C)c2ncccc2S1(=O)=O.O=C(O)C(F)(F)F. The maximum atomic E-state index is 13.4. The van der Waals surface area contributed by atoms with Gasteiger partial charge in [-0.3, -0.25) is 9.58 Å². The first-order valence-corrected chi connectivity index (χ1v) is 11.9. The molecular weight excluding hydrogens is 477 g/mol. The van der Waals surface area contributed by atoms with Gasteiger partial charge in [-0.25, -0.2) is 18.2 Å². The molecule has 1 N–H and O–H groups in total. The van der Waals surface area contributed by atoms with Crippen molar-refractivity contribution in [2.24, 2.45) is 7.05 Å². The summed E-state index contributed by atoms with van der Waals surface area (Å²) in [5.41, 5.74) is 1.13. The summed E-state index contributed by atoms with van der Waals surface area (Å²) >= 11 is 0. The van der Waals surface area contributed by atoms with Crippen LogP contribution in [0, 0.1) is 0 Å². The Hall–Kier alpha value is -2.71. The molecule has 2 aromatic heterocycles. The molecule has 14 heteroatoms. The lowest BCUT2D eigenvalue weighted by atomic mass is 10.1. The lowest BCUT2D eigenvalue weighted by Crippen LogP contribution is -2.52. The molecule has 0 bridgehead atoms.